The number of likely N-dealkylation sites (tertiary alicyclic amines) is 1. The second-order valence-electron chi connectivity index (χ2n) is 8.62. The Labute approximate surface area is 202 Å². The fourth-order valence-corrected chi connectivity index (χ4v) is 5.37. The minimum atomic E-state index is -5.08. The zero-order chi connectivity index (χ0) is 26.4. The van der Waals surface area contributed by atoms with E-state index in [1.54, 1.807) is 14.0 Å². The third kappa shape index (κ3) is 7.55. The van der Waals surface area contributed by atoms with E-state index in [-0.39, 0.29) is 18.4 Å². The standard InChI is InChI=1S/C20H30N2O5S.C2HF3O2/c1-4-27-19(23)20-10-5-11-21(12-16-6-8-18(26-2)9-7-16)13-17(20)14-22(15-20)28(3,24)25;3-2(4,5)1(6)7/h6-9,17H,4-5,10-15H2,1-3H3;(H,6,7)/t17-,20-;/m0./s1. The van der Waals surface area contributed by atoms with Gasteiger partial charge in [-0.1, -0.05) is 12.1 Å². The summed E-state index contributed by atoms with van der Waals surface area (Å²) in [4.78, 5) is 24.1. The van der Waals surface area contributed by atoms with Gasteiger partial charge in [-0.05, 0) is 44.0 Å². The molecule has 2 aliphatic rings. The molecule has 0 radical (unpaired) electrons. The summed E-state index contributed by atoms with van der Waals surface area (Å²) >= 11 is 0. The number of halogens is 3. The Morgan fingerprint density at radius 2 is 1.80 bits per heavy atom. The number of hydrogen-bond acceptors (Lipinski definition) is 7. The average molecular weight is 525 g/mol. The third-order valence-electron chi connectivity index (χ3n) is 6.20. The molecule has 0 unspecified atom stereocenters. The maximum atomic E-state index is 12.9. The molecule has 0 spiro atoms. The average Bonchev–Trinajstić information content (AvgIpc) is 3.05. The van der Waals surface area contributed by atoms with Gasteiger partial charge in [-0.15, -0.1) is 0 Å². The minimum Gasteiger partial charge on any atom is -0.497 e. The molecule has 13 heteroatoms. The summed E-state index contributed by atoms with van der Waals surface area (Å²) < 4.78 is 68.1. The first-order valence-electron chi connectivity index (χ1n) is 11.0. The summed E-state index contributed by atoms with van der Waals surface area (Å²) in [5.41, 5.74) is 0.427. The van der Waals surface area contributed by atoms with Crippen LogP contribution >= 0.6 is 0 Å². The van der Waals surface area contributed by atoms with Gasteiger partial charge in [0.05, 0.1) is 25.4 Å². The number of esters is 1. The Balaban J connectivity index is 0.000000540. The van der Waals surface area contributed by atoms with E-state index in [4.69, 9.17) is 19.4 Å². The summed E-state index contributed by atoms with van der Waals surface area (Å²) in [7, 11) is -1.70. The number of alkyl halides is 3. The van der Waals surface area contributed by atoms with E-state index in [9.17, 15) is 26.4 Å². The smallest absolute Gasteiger partial charge is 0.490 e. The first-order valence-corrected chi connectivity index (χ1v) is 12.9. The lowest BCUT2D eigenvalue weighted by molar-refractivity contribution is -0.192. The molecule has 1 aromatic carbocycles. The number of carboxylic acid groups (broad SMARTS) is 1. The van der Waals surface area contributed by atoms with Gasteiger partial charge in [0.15, 0.2) is 0 Å². The van der Waals surface area contributed by atoms with Crippen molar-refractivity contribution in [3.8, 4) is 5.75 Å². The molecule has 0 amide bonds. The molecule has 0 bridgehead atoms. The number of hydrogen-bond donors (Lipinski definition) is 1. The number of nitrogens with zero attached hydrogens (tertiary/aromatic N) is 2. The molecule has 0 aromatic heterocycles. The number of ether oxygens (including phenoxy) is 2. The number of sulfonamides is 1. The Morgan fingerprint density at radius 1 is 1.20 bits per heavy atom. The van der Waals surface area contributed by atoms with E-state index in [1.807, 2.05) is 24.3 Å². The Kier molecular flexibility index (Phi) is 9.54. The van der Waals surface area contributed by atoms with E-state index in [0.717, 1.165) is 25.3 Å². The van der Waals surface area contributed by atoms with E-state index in [2.05, 4.69) is 4.90 Å². The maximum absolute atomic E-state index is 12.9. The molecule has 9 nitrogen and oxygen atoms in total. The van der Waals surface area contributed by atoms with E-state index in [0.29, 0.717) is 26.1 Å². The first-order chi connectivity index (χ1) is 16.2. The van der Waals surface area contributed by atoms with Crippen molar-refractivity contribution in [2.45, 2.75) is 32.5 Å². The second kappa shape index (κ2) is 11.6. The molecule has 2 saturated heterocycles. The number of carbonyl (C=O) groups excluding carboxylic acids is 1. The molecule has 2 atom stereocenters. The van der Waals surface area contributed by atoms with Gasteiger partial charge in [0.1, 0.15) is 5.75 Å². The predicted octanol–water partition coefficient (Wildman–Crippen LogP) is 2.37. The fourth-order valence-electron chi connectivity index (χ4n) is 4.46. The van der Waals surface area contributed by atoms with Crippen LogP contribution in [0, 0.1) is 11.3 Å². The van der Waals surface area contributed by atoms with Gasteiger partial charge in [-0.2, -0.15) is 13.2 Å². The molecule has 3 rings (SSSR count). The van der Waals surface area contributed by atoms with Gasteiger partial charge in [-0.3, -0.25) is 9.69 Å². The van der Waals surface area contributed by atoms with Crippen LogP contribution in [0.3, 0.4) is 0 Å². The molecule has 0 saturated carbocycles. The molecule has 35 heavy (non-hydrogen) atoms. The summed E-state index contributed by atoms with van der Waals surface area (Å²) in [6.07, 6.45) is -2.38. The van der Waals surface area contributed by atoms with Crippen molar-refractivity contribution in [2.75, 3.05) is 46.2 Å². The summed E-state index contributed by atoms with van der Waals surface area (Å²) in [6, 6.07) is 7.97. The highest BCUT2D eigenvalue weighted by atomic mass is 32.2. The normalized spacial score (nSPS) is 23.4. The van der Waals surface area contributed by atoms with Crippen molar-refractivity contribution in [1.29, 1.82) is 0 Å². The van der Waals surface area contributed by atoms with Crippen LogP contribution < -0.4 is 4.74 Å². The lowest BCUT2D eigenvalue weighted by Gasteiger charge is -2.31. The van der Waals surface area contributed by atoms with Crippen LogP contribution in [0.25, 0.3) is 0 Å². The fraction of sp³-hybridized carbons (Fsp3) is 0.636. The lowest BCUT2D eigenvalue weighted by Crippen LogP contribution is -2.42. The van der Waals surface area contributed by atoms with Crippen LogP contribution in [0.2, 0.25) is 0 Å². The van der Waals surface area contributed by atoms with Gasteiger partial charge in [0.25, 0.3) is 0 Å². The number of aliphatic carboxylic acids is 1. The minimum absolute atomic E-state index is 0.0676. The van der Waals surface area contributed by atoms with Crippen molar-refractivity contribution in [1.82, 2.24) is 9.21 Å². The zero-order valence-electron chi connectivity index (χ0n) is 19.9. The highest BCUT2D eigenvalue weighted by molar-refractivity contribution is 7.88. The SMILES string of the molecule is CCOC(=O)[C@]12CCCN(Cc3ccc(OC)cc3)C[C@H]1CN(S(C)(=O)=O)C2.O=C(O)C(F)(F)F. The molecule has 1 N–H and O–H groups in total. The predicted molar refractivity (Wildman–Crippen MR) is 120 cm³/mol. The number of methoxy groups -OCH3 is 1. The number of rotatable bonds is 6. The van der Waals surface area contributed by atoms with Crippen molar-refractivity contribution in [3.05, 3.63) is 29.8 Å². The molecule has 1 aromatic rings. The Hall–Kier alpha value is -2.38. The monoisotopic (exact) mass is 524 g/mol. The van der Waals surface area contributed by atoms with Crippen molar-refractivity contribution in [2.24, 2.45) is 11.3 Å². The summed E-state index contributed by atoms with van der Waals surface area (Å²) in [6.45, 7) is 5.02. The van der Waals surface area contributed by atoms with E-state index >= 15 is 0 Å². The maximum Gasteiger partial charge on any atom is 0.490 e. The van der Waals surface area contributed by atoms with Crippen LogP contribution in [0.1, 0.15) is 25.3 Å². The molecule has 2 fully saturated rings. The van der Waals surface area contributed by atoms with E-state index < -0.39 is 27.6 Å². The van der Waals surface area contributed by atoms with Gasteiger partial charge in [0, 0.05) is 32.1 Å². The molecule has 0 aliphatic carbocycles. The van der Waals surface area contributed by atoms with E-state index in [1.165, 1.54) is 16.1 Å². The van der Waals surface area contributed by atoms with Crippen molar-refractivity contribution < 1.29 is 45.8 Å². The van der Waals surface area contributed by atoms with Gasteiger partial charge in [-0.25, -0.2) is 17.5 Å². The largest absolute Gasteiger partial charge is 0.497 e. The van der Waals surface area contributed by atoms with Gasteiger partial charge >= 0.3 is 18.1 Å². The van der Waals surface area contributed by atoms with Crippen molar-refractivity contribution >= 4 is 22.0 Å². The Bertz CT molecular complexity index is 986. The van der Waals surface area contributed by atoms with Crippen LogP contribution in [0.15, 0.2) is 24.3 Å². The molecular formula is C22H31F3N2O7S. The zero-order valence-corrected chi connectivity index (χ0v) is 20.7. The van der Waals surface area contributed by atoms with Crippen LogP contribution in [0.5, 0.6) is 5.75 Å². The molecular weight excluding hydrogens is 493 g/mol. The Morgan fingerprint density at radius 3 is 2.29 bits per heavy atom. The number of carboxylic acids is 1. The van der Waals surface area contributed by atoms with Crippen LogP contribution in [-0.4, -0.2) is 87.0 Å². The topological polar surface area (TPSA) is 113 Å². The molecule has 198 valence electrons. The summed E-state index contributed by atoms with van der Waals surface area (Å²) in [5, 5.41) is 7.12. The van der Waals surface area contributed by atoms with Crippen LogP contribution in [0.4, 0.5) is 13.2 Å². The number of fused-ring (bicyclic) bond motifs is 1. The highest BCUT2D eigenvalue weighted by Crippen LogP contribution is 2.44. The second-order valence-corrected chi connectivity index (χ2v) is 10.6. The molecule has 2 aliphatic heterocycles. The van der Waals surface area contributed by atoms with Crippen LogP contribution in [-0.2, 0) is 30.9 Å². The number of carbonyl (C=O) groups is 2. The van der Waals surface area contributed by atoms with Crippen molar-refractivity contribution in [3.63, 3.8) is 0 Å². The molecule has 2 heterocycles. The number of benzene rings is 1. The first kappa shape index (κ1) is 28.9. The highest BCUT2D eigenvalue weighted by Gasteiger charge is 2.55. The summed E-state index contributed by atoms with van der Waals surface area (Å²) in [5.74, 6) is -2.26. The van der Waals surface area contributed by atoms with Gasteiger partial charge < -0.3 is 14.6 Å². The lowest BCUT2D eigenvalue weighted by atomic mass is 9.75. The quantitative estimate of drug-likeness (QED) is 0.565. The third-order valence-corrected chi connectivity index (χ3v) is 7.41. The van der Waals surface area contributed by atoms with Gasteiger partial charge in [0.2, 0.25) is 10.0 Å².